The average Bonchev–Trinajstić information content (AvgIpc) is 2.51. The number of carbonyl (C=O) groups excluding carboxylic acids is 1. The van der Waals surface area contributed by atoms with E-state index in [0.29, 0.717) is 11.8 Å². The quantitative estimate of drug-likeness (QED) is 0.609. The summed E-state index contributed by atoms with van der Waals surface area (Å²) in [7, 11) is 0. The van der Waals surface area contributed by atoms with Gasteiger partial charge in [0.05, 0.1) is 0 Å². The highest BCUT2D eigenvalue weighted by molar-refractivity contribution is 5.60. The highest BCUT2D eigenvalue weighted by Crippen LogP contribution is 2.44. The molecule has 1 nitrogen and oxygen atoms in total. The van der Waals surface area contributed by atoms with Gasteiger partial charge in [-0.15, -0.1) is 0 Å². The van der Waals surface area contributed by atoms with Crippen molar-refractivity contribution < 1.29 is 4.79 Å². The summed E-state index contributed by atoms with van der Waals surface area (Å²) in [5.41, 5.74) is 0.0459. The van der Waals surface area contributed by atoms with Crippen LogP contribution in [0.5, 0.6) is 0 Å². The zero-order valence-electron chi connectivity index (χ0n) is 9.18. The van der Waals surface area contributed by atoms with E-state index in [1.54, 1.807) is 0 Å². The molecular weight excluding hydrogens is 160 g/mol. The summed E-state index contributed by atoms with van der Waals surface area (Å²) in [6.07, 6.45) is 7.20. The first-order chi connectivity index (χ1) is 6.10. The van der Waals surface area contributed by atoms with Gasteiger partial charge in [-0.3, -0.25) is 0 Å². The van der Waals surface area contributed by atoms with Gasteiger partial charge in [-0.25, -0.2) is 0 Å². The molecule has 0 bridgehead atoms. The molecule has 0 saturated heterocycles. The first-order valence-corrected chi connectivity index (χ1v) is 5.57. The molecule has 0 heterocycles. The maximum absolute atomic E-state index is 11.2. The van der Waals surface area contributed by atoms with E-state index < -0.39 is 0 Å². The third-order valence-electron chi connectivity index (χ3n) is 3.58. The number of hydrogen-bond acceptors (Lipinski definition) is 1. The second kappa shape index (κ2) is 4.26. The molecule has 0 spiro atoms. The molecule has 1 aliphatic rings. The lowest BCUT2D eigenvalue weighted by Crippen LogP contribution is -2.28. The molecule has 1 unspecified atom stereocenters. The highest BCUT2D eigenvalue weighted by Gasteiger charge is 2.38. The van der Waals surface area contributed by atoms with E-state index in [0.717, 1.165) is 12.8 Å². The Kier molecular flexibility index (Phi) is 3.52. The van der Waals surface area contributed by atoms with Crippen LogP contribution in [0.1, 0.15) is 52.9 Å². The Hall–Kier alpha value is -0.330. The molecule has 0 amide bonds. The number of aldehydes is 1. The van der Waals surface area contributed by atoms with Gasteiger partial charge in [0, 0.05) is 5.41 Å². The number of hydrogen-bond donors (Lipinski definition) is 0. The van der Waals surface area contributed by atoms with Crippen LogP contribution in [0.15, 0.2) is 0 Å². The predicted octanol–water partition coefficient (Wildman–Crippen LogP) is 3.43. The van der Waals surface area contributed by atoms with Crippen molar-refractivity contribution in [3.05, 3.63) is 0 Å². The molecule has 0 aliphatic heterocycles. The molecule has 0 aromatic rings. The predicted molar refractivity (Wildman–Crippen MR) is 55.6 cm³/mol. The van der Waals surface area contributed by atoms with Gasteiger partial charge in [0.2, 0.25) is 0 Å². The monoisotopic (exact) mass is 182 g/mol. The van der Waals surface area contributed by atoms with Gasteiger partial charge in [0.15, 0.2) is 0 Å². The Morgan fingerprint density at radius 1 is 1.23 bits per heavy atom. The summed E-state index contributed by atoms with van der Waals surface area (Å²) in [4.78, 5) is 11.2. The van der Waals surface area contributed by atoms with Crippen LogP contribution in [-0.4, -0.2) is 6.29 Å². The van der Waals surface area contributed by atoms with Crippen LogP contribution in [0.3, 0.4) is 0 Å². The van der Waals surface area contributed by atoms with E-state index in [9.17, 15) is 4.79 Å². The lowest BCUT2D eigenvalue weighted by molar-refractivity contribution is -0.118. The number of carbonyl (C=O) groups is 1. The minimum absolute atomic E-state index is 0.0459. The molecule has 1 atom stereocenters. The van der Waals surface area contributed by atoms with E-state index in [4.69, 9.17) is 0 Å². The van der Waals surface area contributed by atoms with Gasteiger partial charge in [0.25, 0.3) is 0 Å². The van der Waals surface area contributed by atoms with E-state index in [2.05, 4.69) is 20.8 Å². The summed E-state index contributed by atoms with van der Waals surface area (Å²) in [6, 6.07) is 0. The van der Waals surface area contributed by atoms with E-state index in [-0.39, 0.29) is 5.41 Å². The summed E-state index contributed by atoms with van der Waals surface area (Å²) < 4.78 is 0. The van der Waals surface area contributed by atoms with E-state index in [1.165, 1.54) is 25.5 Å². The summed E-state index contributed by atoms with van der Waals surface area (Å²) in [5, 5.41) is 0. The van der Waals surface area contributed by atoms with Crippen LogP contribution in [0.4, 0.5) is 0 Å². The van der Waals surface area contributed by atoms with Crippen LogP contribution in [-0.2, 0) is 4.79 Å². The molecule has 76 valence electrons. The minimum Gasteiger partial charge on any atom is -0.303 e. The summed E-state index contributed by atoms with van der Waals surface area (Å²) in [6.45, 7) is 6.73. The van der Waals surface area contributed by atoms with Crippen molar-refractivity contribution in [2.75, 3.05) is 0 Å². The van der Waals surface area contributed by atoms with Gasteiger partial charge in [-0.1, -0.05) is 33.6 Å². The van der Waals surface area contributed by atoms with Crippen molar-refractivity contribution in [3.8, 4) is 0 Å². The summed E-state index contributed by atoms with van der Waals surface area (Å²) >= 11 is 0. The van der Waals surface area contributed by atoms with Crippen molar-refractivity contribution in [2.45, 2.75) is 52.9 Å². The van der Waals surface area contributed by atoms with Crippen molar-refractivity contribution in [1.29, 1.82) is 0 Å². The standard InChI is InChI=1S/C12H22O/c1-10(2)8-11(3)12(9-13)6-4-5-7-12/h9-11H,4-8H2,1-3H3. The molecule has 1 fully saturated rings. The van der Waals surface area contributed by atoms with Crippen LogP contribution < -0.4 is 0 Å². The normalized spacial score (nSPS) is 23.4. The van der Waals surface area contributed by atoms with Crippen LogP contribution in [0.25, 0.3) is 0 Å². The third-order valence-corrected chi connectivity index (χ3v) is 3.58. The average molecular weight is 182 g/mol. The van der Waals surface area contributed by atoms with Gasteiger partial charge >= 0.3 is 0 Å². The lowest BCUT2D eigenvalue weighted by atomic mass is 9.73. The third kappa shape index (κ3) is 2.32. The number of rotatable bonds is 4. The highest BCUT2D eigenvalue weighted by atomic mass is 16.1. The Balaban J connectivity index is 2.59. The van der Waals surface area contributed by atoms with E-state index >= 15 is 0 Å². The molecule has 0 N–H and O–H groups in total. The fourth-order valence-electron chi connectivity index (χ4n) is 2.70. The molecule has 1 aliphatic carbocycles. The van der Waals surface area contributed by atoms with Gasteiger partial charge in [-0.05, 0) is 31.1 Å². The maximum Gasteiger partial charge on any atom is 0.126 e. The molecule has 1 rings (SSSR count). The smallest absolute Gasteiger partial charge is 0.126 e. The zero-order chi connectivity index (χ0) is 9.90. The van der Waals surface area contributed by atoms with Crippen LogP contribution in [0, 0.1) is 17.3 Å². The Bertz CT molecular complexity index is 166. The molecular formula is C12H22O. The fraction of sp³-hybridized carbons (Fsp3) is 0.917. The largest absolute Gasteiger partial charge is 0.303 e. The lowest BCUT2D eigenvalue weighted by Gasteiger charge is -2.30. The van der Waals surface area contributed by atoms with Crippen LogP contribution in [0.2, 0.25) is 0 Å². The van der Waals surface area contributed by atoms with Gasteiger partial charge in [0.1, 0.15) is 6.29 Å². The molecule has 13 heavy (non-hydrogen) atoms. The van der Waals surface area contributed by atoms with Crippen LogP contribution >= 0.6 is 0 Å². The van der Waals surface area contributed by atoms with Gasteiger partial charge < -0.3 is 4.79 Å². The Morgan fingerprint density at radius 3 is 2.15 bits per heavy atom. The second-order valence-electron chi connectivity index (χ2n) is 5.09. The first-order valence-electron chi connectivity index (χ1n) is 5.57. The Labute approximate surface area is 81.9 Å². The molecule has 0 aromatic heterocycles. The zero-order valence-corrected chi connectivity index (χ0v) is 9.18. The topological polar surface area (TPSA) is 17.1 Å². The molecule has 1 saturated carbocycles. The van der Waals surface area contributed by atoms with Crippen molar-refractivity contribution >= 4 is 6.29 Å². The molecule has 0 aromatic carbocycles. The maximum atomic E-state index is 11.2. The molecule has 1 heteroatoms. The van der Waals surface area contributed by atoms with Crippen molar-refractivity contribution in [2.24, 2.45) is 17.3 Å². The van der Waals surface area contributed by atoms with Gasteiger partial charge in [-0.2, -0.15) is 0 Å². The first kappa shape index (κ1) is 10.7. The molecule has 0 radical (unpaired) electrons. The fourth-order valence-corrected chi connectivity index (χ4v) is 2.70. The van der Waals surface area contributed by atoms with Crippen molar-refractivity contribution in [3.63, 3.8) is 0 Å². The summed E-state index contributed by atoms with van der Waals surface area (Å²) in [5.74, 6) is 1.29. The Morgan fingerprint density at radius 2 is 1.77 bits per heavy atom. The van der Waals surface area contributed by atoms with Crippen molar-refractivity contribution in [1.82, 2.24) is 0 Å². The SMILES string of the molecule is CC(C)CC(C)C1(C=O)CCCC1. The minimum atomic E-state index is 0.0459. The van der Waals surface area contributed by atoms with E-state index in [1.807, 2.05) is 0 Å². The second-order valence-corrected chi connectivity index (χ2v) is 5.09.